The monoisotopic (exact) mass is 296 g/mol. The predicted octanol–water partition coefficient (Wildman–Crippen LogP) is 3.76. The molecule has 0 radical (unpaired) electrons. The number of thiazole rings is 1. The first-order valence-electron chi connectivity index (χ1n) is 5.14. The SMILES string of the molecule is CC(NCc1ccccc1)c1ncc(Br)s1. The summed E-state index contributed by atoms with van der Waals surface area (Å²) in [5, 5.41) is 4.57. The van der Waals surface area contributed by atoms with E-state index in [4.69, 9.17) is 0 Å². The van der Waals surface area contributed by atoms with Crippen LogP contribution in [0.15, 0.2) is 40.3 Å². The summed E-state index contributed by atoms with van der Waals surface area (Å²) >= 11 is 5.10. The van der Waals surface area contributed by atoms with Crippen molar-refractivity contribution in [2.75, 3.05) is 0 Å². The molecule has 2 rings (SSSR count). The molecule has 1 heterocycles. The van der Waals surface area contributed by atoms with Gasteiger partial charge in [0.05, 0.1) is 16.0 Å². The Bertz CT molecular complexity index is 441. The zero-order chi connectivity index (χ0) is 11.4. The first-order valence-corrected chi connectivity index (χ1v) is 6.75. The fraction of sp³-hybridized carbons (Fsp3) is 0.250. The number of hydrogen-bond donors (Lipinski definition) is 1. The molecule has 0 aliphatic heterocycles. The largest absolute Gasteiger partial charge is 0.304 e. The van der Waals surface area contributed by atoms with Gasteiger partial charge in [0.1, 0.15) is 5.01 Å². The highest BCUT2D eigenvalue weighted by Gasteiger charge is 2.08. The molecule has 0 saturated heterocycles. The summed E-state index contributed by atoms with van der Waals surface area (Å²) in [6.45, 7) is 3.01. The highest BCUT2D eigenvalue weighted by atomic mass is 79.9. The second-order valence-electron chi connectivity index (χ2n) is 3.59. The van der Waals surface area contributed by atoms with Gasteiger partial charge in [-0.2, -0.15) is 0 Å². The van der Waals surface area contributed by atoms with Crippen LogP contribution < -0.4 is 5.32 Å². The summed E-state index contributed by atoms with van der Waals surface area (Å²) in [4.78, 5) is 4.34. The summed E-state index contributed by atoms with van der Waals surface area (Å²) in [6, 6.07) is 10.7. The number of halogens is 1. The first kappa shape index (κ1) is 11.8. The van der Waals surface area contributed by atoms with Gasteiger partial charge in [0, 0.05) is 6.54 Å². The Morgan fingerprint density at radius 2 is 2.12 bits per heavy atom. The minimum absolute atomic E-state index is 0.288. The number of benzene rings is 1. The molecule has 0 aliphatic carbocycles. The molecule has 1 unspecified atom stereocenters. The predicted molar refractivity (Wildman–Crippen MR) is 71.5 cm³/mol. The number of nitrogens with zero attached hydrogens (tertiary/aromatic N) is 1. The molecule has 4 heteroatoms. The molecule has 0 bridgehead atoms. The van der Waals surface area contributed by atoms with E-state index < -0.39 is 0 Å². The molecule has 0 fully saturated rings. The van der Waals surface area contributed by atoms with Crippen molar-refractivity contribution in [3.05, 3.63) is 50.9 Å². The number of nitrogens with one attached hydrogen (secondary N) is 1. The summed E-state index contributed by atoms with van der Waals surface area (Å²) in [7, 11) is 0. The summed E-state index contributed by atoms with van der Waals surface area (Å²) in [6.07, 6.45) is 1.85. The lowest BCUT2D eigenvalue weighted by atomic mass is 10.2. The Morgan fingerprint density at radius 1 is 1.38 bits per heavy atom. The number of rotatable bonds is 4. The zero-order valence-electron chi connectivity index (χ0n) is 8.98. The van der Waals surface area contributed by atoms with Gasteiger partial charge in [0.25, 0.3) is 0 Å². The van der Waals surface area contributed by atoms with E-state index >= 15 is 0 Å². The van der Waals surface area contributed by atoms with Crippen molar-refractivity contribution < 1.29 is 0 Å². The molecule has 1 N–H and O–H groups in total. The van der Waals surface area contributed by atoms with E-state index in [-0.39, 0.29) is 6.04 Å². The molecular weight excluding hydrogens is 284 g/mol. The van der Waals surface area contributed by atoms with Gasteiger partial charge in [-0.15, -0.1) is 11.3 Å². The maximum absolute atomic E-state index is 4.34. The summed E-state index contributed by atoms with van der Waals surface area (Å²) < 4.78 is 1.08. The van der Waals surface area contributed by atoms with Gasteiger partial charge in [0.2, 0.25) is 0 Å². The van der Waals surface area contributed by atoms with Crippen molar-refractivity contribution in [1.29, 1.82) is 0 Å². The van der Waals surface area contributed by atoms with Crippen molar-refractivity contribution in [3.63, 3.8) is 0 Å². The van der Waals surface area contributed by atoms with Crippen LogP contribution in [0.4, 0.5) is 0 Å². The molecule has 0 saturated carbocycles. The molecule has 16 heavy (non-hydrogen) atoms. The Hall–Kier alpha value is -0.710. The molecule has 1 aromatic carbocycles. The van der Waals surface area contributed by atoms with E-state index in [9.17, 15) is 0 Å². The normalized spacial score (nSPS) is 12.6. The molecule has 2 aromatic rings. The van der Waals surface area contributed by atoms with Crippen LogP contribution in [0.2, 0.25) is 0 Å². The average Bonchev–Trinajstić information content (AvgIpc) is 2.74. The van der Waals surface area contributed by atoms with E-state index in [2.05, 4.69) is 57.4 Å². The zero-order valence-corrected chi connectivity index (χ0v) is 11.4. The average molecular weight is 297 g/mol. The standard InChI is InChI=1S/C12H13BrN2S/c1-9(12-15-8-11(13)16-12)14-7-10-5-3-2-4-6-10/h2-6,8-9,14H,7H2,1H3. The Balaban J connectivity index is 1.91. The fourth-order valence-electron chi connectivity index (χ4n) is 1.42. The van der Waals surface area contributed by atoms with Gasteiger partial charge >= 0.3 is 0 Å². The second-order valence-corrected chi connectivity index (χ2v) is 6.03. The minimum Gasteiger partial charge on any atom is -0.304 e. The lowest BCUT2D eigenvalue weighted by molar-refractivity contribution is 0.572. The third-order valence-electron chi connectivity index (χ3n) is 2.32. The highest BCUT2D eigenvalue weighted by molar-refractivity contribution is 9.11. The topological polar surface area (TPSA) is 24.9 Å². The van der Waals surface area contributed by atoms with Crippen LogP contribution in [0, 0.1) is 0 Å². The van der Waals surface area contributed by atoms with E-state index in [1.165, 1.54) is 5.56 Å². The molecule has 1 aromatic heterocycles. The van der Waals surface area contributed by atoms with Gasteiger partial charge < -0.3 is 5.32 Å². The van der Waals surface area contributed by atoms with Gasteiger partial charge in [-0.3, -0.25) is 0 Å². The van der Waals surface area contributed by atoms with E-state index in [1.54, 1.807) is 11.3 Å². The number of aromatic nitrogens is 1. The van der Waals surface area contributed by atoms with Crippen LogP contribution in [0.25, 0.3) is 0 Å². The minimum atomic E-state index is 0.288. The molecule has 0 amide bonds. The second kappa shape index (κ2) is 5.57. The Kier molecular flexibility index (Phi) is 4.09. The van der Waals surface area contributed by atoms with Crippen molar-refractivity contribution in [1.82, 2.24) is 10.3 Å². The van der Waals surface area contributed by atoms with Crippen LogP contribution >= 0.6 is 27.3 Å². The van der Waals surface area contributed by atoms with Crippen molar-refractivity contribution in [2.24, 2.45) is 0 Å². The molecule has 1 atom stereocenters. The third-order valence-corrected chi connectivity index (χ3v) is 3.98. The van der Waals surface area contributed by atoms with E-state index in [0.29, 0.717) is 0 Å². The third kappa shape index (κ3) is 3.14. The van der Waals surface area contributed by atoms with Crippen LogP contribution in [-0.4, -0.2) is 4.98 Å². The summed E-state index contributed by atoms with van der Waals surface area (Å²) in [5.74, 6) is 0. The Morgan fingerprint density at radius 3 is 2.75 bits per heavy atom. The van der Waals surface area contributed by atoms with Crippen LogP contribution in [0.3, 0.4) is 0 Å². The van der Waals surface area contributed by atoms with Crippen molar-refractivity contribution in [2.45, 2.75) is 19.5 Å². The van der Waals surface area contributed by atoms with Gasteiger partial charge in [0.15, 0.2) is 0 Å². The molecular formula is C12H13BrN2S. The highest BCUT2D eigenvalue weighted by Crippen LogP contribution is 2.24. The number of hydrogen-bond acceptors (Lipinski definition) is 3. The van der Waals surface area contributed by atoms with Crippen LogP contribution in [0.1, 0.15) is 23.5 Å². The molecule has 0 aliphatic rings. The van der Waals surface area contributed by atoms with Gasteiger partial charge in [-0.25, -0.2) is 4.98 Å². The van der Waals surface area contributed by atoms with Gasteiger partial charge in [-0.05, 0) is 28.4 Å². The maximum atomic E-state index is 4.34. The summed E-state index contributed by atoms with van der Waals surface area (Å²) in [5.41, 5.74) is 1.30. The van der Waals surface area contributed by atoms with Crippen LogP contribution in [0.5, 0.6) is 0 Å². The van der Waals surface area contributed by atoms with Gasteiger partial charge in [-0.1, -0.05) is 30.3 Å². The van der Waals surface area contributed by atoms with Crippen molar-refractivity contribution in [3.8, 4) is 0 Å². The van der Waals surface area contributed by atoms with Crippen LogP contribution in [-0.2, 0) is 6.54 Å². The molecule has 2 nitrogen and oxygen atoms in total. The molecule has 0 spiro atoms. The van der Waals surface area contributed by atoms with Crippen molar-refractivity contribution >= 4 is 27.3 Å². The fourth-order valence-corrected chi connectivity index (χ4v) is 2.69. The Labute approximate surface area is 108 Å². The maximum Gasteiger partial charge on any atom is 0.110 e. The van der Waals surface area contributed by atoms with E-state index in [0.717, 1.165) is 15.3 Å². The first-order chi connectivity index (χ1) is 7.75. The quantitative estimate of drug-likeness (QED) is 0.929. The lowest BCUT2D eigenvalue weighted by Crippen LogP contribution is -2.17. The smallest absolute Gasteiger partial charge is 0.110 e. The molecule has 84 valence electrons. The van der Waals surface area contributed by atoms with E-state index in [1.807, 2.05) is 12.3 Å². The lowest BCUT2D eigenvalue weighted by Gasteiger charge is -2.10.